The van der Waals surface area contributed by atoms with Gasteiger partial charge in [0, 0.05) is 29.0 Å². The number of azide groups is 1. The average Bonchev–Trinajstić information content (AvgIpc) is 2.68. The van der Waals surface area contributed by atoms with Crippen LogP contribution >= 0.6 is 11.8 Å². The van der Waals surface area contributed by atoms with Crippen molar-refractivity contribution in [2.45, 2.75) is 31.1 Å². The molecule has 0 saturated carbocycles. The monoisotopic (exact) mass is 258 g/mol. The molecular weight excluding hydrogens is 240 g/mol. The predicted molar refractivity (Wildman–Crippen MR) is 67.9 cm³/mol. The zero-order valence-electron chi connectivity index (χ0n) is 10.2. The maximum absolute atomic E-state index is 12.0. The molecule has 96 valence electrons. The minimum Gasteiger partial charge on any atom is -0.465 e. The van der Waals surface area contributed by atoms with Gasteiger partial charge in [-0.2, -0.15) is 11.8 Å². The summed E-state index contributed by atoms with van der Waals surface area (Å²) in [6.45, 7) is 5.13. The van der Waals surface area contributed by atoms with Crippen LogP contribution in [0.1, 0.15) is 20.3 Å². The summed E-state index contributed by atoms with van der Waals surface area (Å²) in [5.74, 6) is 0.515. The standard InChI is InChI=1S/C10H18N4O2S/c1-3-16-9(15)10(6-8(2)17-7-10)12-4-5-13-14-11/h8,12H,3-7H2,1-2H3. The van der Waals surface area contributed by atoms with E-state index in [0.29, 0.717) is 30.7 Å². The third-order valence-electron chi connectivity index (χ3n) is 2.65. The van der Waals surface area contributed by atoms with Crippen molar-refractivity contribution < 1.29 is 9.53 Å². The third-order valence-corrected chi connectivity index (χ3v) is 4.05. The van der Waals surface area contributed by atoms with E-state index in [9.17, 15) is 4.79 Å². The number of hydrogen-bond acceptors (Lipinski definition) is 5. The number of carbonyl (C=O) groups excluding carboxylic acids is 1. The summed E-state index contributed by atoms with van der Waals surface area (Å²) in [7, 11) is 0. The minimum absolute atomic E-state index is 0.196. The van der Waals surface area contributed by atoms with Crippen molar-refractivity contribution in [3.63, 3.8) is 0 Å². The first kappa shape index (κ1) is 14.2. The predicted octanol–water partition coefficient (Wildman–Crippen LogP) is 1.71. The quantitative estimate of drug-likeness (QED) is 0.258. The van der Waals surface area contributed by atoms with Crippen molar-refractivity contribution in [3.8, 4) is 0 Å². The minimum atomic E-state index is -0.606. The highest BCUT2D eigenvalue weighted by Crippen LogP contribution is 2.35. The van der Waals surface area contributed by atoms with Crippen molar-refractivity contribution in [2.24, 2.45) is 5.11 Å². The summed E-state index contributed by atoms with van der Waals surface area (Å²) in [6, 6.07) is 0. The molecule has 1 aliphatic rings. The molecule has 0 spiro atoms. The molecule has 0 aromatic heterocycles. The van der Waals surface area contributed by atoms with Gasteiger partial charge in [-0.25, -0.2) is 0 Å². The number of thioether (sulfide) groups is 1. The van der Waals surface area contributed by atoms with Crippen LogP contribution in [0.3, 0.4) is 0 Å². The smallest absolute Gasteiger partial charge is 0.327 e. The Morgan fingerprint density at radius 3 is 3.06 bits per heavy atom. The van der Waals surface area contributed by atoms with E-state index >= 15 is 0 Å². The first-order chi connectivity index (χ1) is 8.14. The molecule has 0 amide bonds. The fourth-order valence-electron chi connectivity index (χ4n) is 1.89. The summed E-state index contributed by atoms with van der Waals surface area (Å²) in [6.07, 6.45) is 0.757. The summed E-state index contributed by atoms with van der Waals surface area (Å²) in [5, 5.41) is 7.07. The Labute approximate surface area is 105 Å². The molecule has 7 heteroatoms. The van der Waals surface area contributed by atoms with Crippen molar-refractivity contribution in [2.75, 3.05) is 25.4 Å². The lowest BCUT2D eigenvalue weighted by Gasteiger charge is -2.27. The van der Waals surface area contributed by atoms with Gasteiger partial charge in [-0.3, -0.25) is 4.79 Å². The highest BCUT2D eigenvalue weighted by atomic mass is 32.2. The summed E-state index contributed by atoms with van der Waals surface area (Å²) >= 11 is 1.76. The second-order valence-corrected chi connectivity index (χ2v) is 5.44. The fourth-order valence-corrected chi connectivity index (χ4v) is 3.20. The van der Waals surface area contributed by atoms with Gasteiger partial charge in [0.15, 0.2) is 0 Å². The summed E-state index contributed by atoms with van der Waals surface area (Å²) in [5.41, 5.74) is 7.59. The van der Waals surface area contributed by atoms with E-state index in [1.807, 2.05) is 0 Å². The van der Waals surface area contributed by atoms with Gasteiger partial charge in [-0.1, -0.05) is 12.0 Å². The molecule has 0 aromatic rings. The van der Waals surface area contributed by atoms with Gasteiger partial charge in [-0.05, 0) is 18.9 Å². The van der Waals surface area contributed by atoms with Gasteiger partial charge >= 0.3 is 5.97 Å². The Bertz CT molecular complexity index is 319. The number of carbonyl (C=O) groups is 1. The zero-order valence-corrected chi connectivity index (χ0v) is 11.0. The molecule has 2 unspecified atom stereocenters. The lowest BCUT2D eigenvalue weighted by molar-refractivity contribution is -0.150. The second-order valence-electron chi connectivity index (χ2n) is 4.01. The van der Waals surface area contributed by atoms with Gasteiger partial charge in [-0.15, -0.1) is 0 Å². The third kappa shape index (κ3) is 3.80. The van der Waals surface area contributed by atoms with Crippen LogP contribution in [-0.2, 0) is 9.53 Å². The molecule has 1 rings (SSSR count). The Morgan fingerprint density at radius 2 is 2.53 bits per heavy atom. The highest BCUT2D eigenvalue weighted by Gasteiger charge is 2.45. The lowest BCUT2D eigenvalue weighted by atomic mass is 9.96. The number of nitrogens with one attached hydrogen (secondary N) is 1. The van der Waals surface area contributed by atoms with Crippen LogP contribution in [0.15, 0.2) is 5.11 Å². The van der Waals surface area contributed by atoms with E-state index in [2.05, 4.69) is 22.3 Å². The largest absolute Gasteiger partial charge is 0.465 e. The number of rotatable bonds is 6. The molecule has 0 bridgehead atoms. The number of esters is 1. The normalized spacial score (nSPS) is 27.5. The maximum Gasteiger partial charge on any atom is 0.327 e. The Morgan fingerprint density at radius 1 is 1.76 bits per heavy atom. The van der Waals surface area contributed by atoms with E-state index < -0.39 is 5.54 Å². The number of ether oxygens (including phenoxy) is 1. The van der Waals surface area contributed by atoms with Gasteiger partial charge in [0.2, 0.25) is 0 Å². The van der Waals surface area contributed by atoms with E-state index in [4.69, 9.17) is 10.3 Å². The van der Waals surface area contributed by atoms with Gasteiger partial charge in [0.1, 0.15) is 5.54 Å². The molecule has 6 nitrogen and oxygen atoms in total. The van der Waals surface area contributed by atoms with E-state index in [1.54, 1.807) is 18.7 Å². The highest BCUT2D eigenvalue weighted by molar-refractivity contribution is 8.00. The summed E-state index contributed by atoms with van der Waals surface area (Å²) < 4.78 is 5.12. The Kier molecular flexibility index (Phi) is 5.61. The van der Waals surface area contributed by atoms with Crippen LogP contribution in [0.25, 0.3) is 10.4 Å². The van der Waals surface area contributed by atoms with Gasteiger partial charge in [0.25, 0.3) is 0 Å². The van der Waals surface area contributed by atoms with Crippen molar-refractivity contribution in [1.82, 2.24) is 5.32 Å². The average molecular weight is 258 g/mol. The Hall–Kier alpha value is -0.910. The first-order valence-electron chi connectivity index (χ1n) is 5.69. The zero-order chi connectivity index (χ0) is 12.7. The molecule has 1 heterocycles. The van der Waals surface area contributed by atoms with Crippen LogP contribution in [0.4, 0.5) is 0 Å². The molecular formula is C10H18N4O2S. The van der Waals surface area contributed by atoms with Crippen LogP contribution in [0.2, 0.25) is 0 Å². The van der Waals surface area contributed by atoms with E-state index in [-0.39, 0.29) is 5.97 Å². The SMILES string of the molecule is CCOC(=O)C1(NCCN=[N+]=[N-])CSC(C)C1. The van der Waals surface area contributed by atoms with Crippen molar-refractivity contribution >= 4 is 17.7 Å². The van der Waals surface area contributed by atoms with Gasteiger partial charge in [0.05, 0.1) is 6.61 Å². The maximum atomic E-state index is 12.0. The van der Waals surface area contributed by atoms with E-state index in [0.717, 1.165) is 6.42 Å². The van der Waals surface area contributed by atoms with Crippen LogP contribution in [0, 0.1) is 0 Å². The Balaban J connectivity index is 2.59. The molecule has 0 radical (unpaired) electrons. The molecule has 0 aliphatic carbocycles. The fraction of sp³-hybridized carbons (Fsp3) is 0.900. The van der Waals surface area contributed by atoms with Crippen molar-refractivity contribution in [1.29, 1.82) is 0 Å². The molecule has 17 heavy (non-hydrogen) atoms. The number of hydrogen-bond donors (Lipinski definition) is 1. The molecule has 0 aromatic carbocycles. The van der Waals surface area contributed by atoms with E-state index in [1.165, 1.54) is 0 Å². The molecule has 1 aliphatic heterocycles. The first-order valence-corrected chi connectivity index (χ1v) is 6.74. The molecule has 1 fully saturated rings. The number of nitrogens with zero attached hydrogens (tertiary/aromatic N) is 3. The molecule has 1 saturated heterocycles. The van der Waals surface area contributed by atoms with Crippen LogP contribution in [0.5, 0.6) is 0 Å². The lowest BCUT2D eigenvalue weighted by Crippen LogP contribution is -2.54. The molecule has 2 atom stereocenters. The summed E-state index contributed by atoms with van der Waals surface area (Å²) in [4.78, 5) is 14.7. The van der Waals surface area contributed by atoms with Crippen LogP contribution in [-0.4, -0.2) is 42.2 Å². The topological polar surface area (TPSA) is 87.1 Å². The van der Waals surface area contributed by atoms with Crippen molar-refractivity contribution in [3.05, 3.63) is 10.4 Å². The second kappa shape index (κ2) is 6.74. The van der Waals surface area contributed by atoms with Gasteiger partial charge < -0.3 is 10.1 Å². The molecule has 1 N–H and O–H groups in total. The van der Waals surface area contributed by atoms with Crippen LogP contribution < -0.4 is 5.32 Å².